The van der Waals surface area contributed by atoms with E-state index in [2.05, 4.69) is 25.7 Å². The highest BCUT2D eigenvalue weighted by Crippen LogP contribution is 2.36. The average Bonchev–Trinajstić information content (AvgIpc) is 2.81. The van der Waals surface area contributed by atoms with E-state index in [9.17, 15) is 4.79 Å². The SMILES string of the molecule is Cc1[nH]nc2c1-c1n[nH]c(C(=O)O)c1NC2. The van der Waals surface area contributed by atoms with Gasteiger partial charge in [0.2, 0.25) is 0 Å². The predicted octanol–water partition coefficient (Wildman–Crippen LogP) is 0.732. The van der Waals surface area contributed by atoms with Crippen LogP contribution in [-0.4, -0.2) is 31.5 Å². The number of aromatic amines is 2. The van der Waals surface area contributed by atoms with Crippen LogP contribution in [0.3, 0.4) is 0 Å². The van der Waals surface area contributed by atoms with Crippen molar-refractivity contribution in [1.29, 1.82) is 0 Å². The Labute approximate surface area is 89.9 Å². The molecule has 0 bridgehead atoms. The van der Waals surface area contributed by atoms with Gasteiger partial charge in [0.05, 0.1) is 17.9 Å². The second-order valence-electron chi connectivity index (χ2n) is 3.65. The molecule has 7 nitrogen and oxygen atoms in total. The lowest BCUT2D eigenvalue weighted by atomic mass is 10.0. The molecule has 0 saturated carbocycles. The van der Waals surface area contributed by atoms with Gasteiger partial charge < -0.3 is 10.4 Å². The smallest absolute Gasteiger partial charge is 0.356 e. The Balaban J connectivity index is 2.26. The number of nitrogens with one attached hydrogen (secondary N) is 3. The Hall–Kier alpha value is -2.31. The van der Waals surface area contributed by atoms with Crippen LogP contribution in [0.4, 0.5) is 5.69 Å². The monoisotopic (exact) mass is 219 g/mol. The quantitative estimate of drug-likeness (QED) is 0.565. The molecule has 1 aliphatic rings. The summed E-state index contributed by atoms with van der Waals surface area (Å²) in [4.78, 5) is 10.9. The number of carboxylic acids is 1. The number of rotatable bonds is 1. The fourth-order valence-electron chi connectivity index (χ4n) is 1.94. The zero-order valence-corrected chi connectivity index (χ0v) is 8.46. The number of carboxylic acid groups (broad SMARTS) is 1. The summed E-state index contributed by atoms with van der Waals surface area (Å²) in [6, 6.07) is 0. The number of aromatic carboxylic acids is 1. The molecule has 0 aliphatic carbocycles. The second-order valence-corrected chi connectivity index (χ2v) is 3.65. The summed E-state index contributed by atoms with van der Waals surface area (Å²) in [5.74, 6) is -1.02. The van der Waals surface area contributed by atoms with E-state index in [1.165, 1.54) is 0 Å². The number of aryl methyl sites for hydroxylation is 1. The van der Waals surface area contributed by atoms with Gasteiger partial charge in [-0.2, -0.15) is 10.2 Å². The van der Waals surface area contributed by atoms with Crippen LogP contribution >= 0.6 is 0 Å². The molecule has 0 fully saturated rings. The summed E-state index contributed by atoms with van der Waals surface area (Å²) in [5.41, 5.74) is 3.86. The molecule has 2 aromatic heterocycles. The van der Waals surface area contributed by atoms with Gasteiger partial charge in [-0.25, -0.2) is 4.79 Å². The van der Waals surface area contributed by atoms with Crippen molar-refractivity contribution in [2.24, 2.45) is 0 Å². The first kappa shape index (κ1) is 8.96. The van der Waals surface area contributed by atoms with E-state index >= 15 is 0 Å². The molecule has 0 spiro atoms. The third-order valence-electron chi connectivity index (χ3n) is 2.67. The van der Waals surface area contributed by atoms with E-state index < -0.39 is 5.97 Å². The standard InChI is InChI=1S/C9H9N5O2/c1-3-5-4(12-11-3)2-10-7-6(5)13-14-8(7)9(15)16/h10H,2H2,1H3,(H,11,12)(H,13,14)(H,15,16). The second kappa shape index (κ2) is 2.84. The van der Waals surface area contributed by atoms with Crippen LogP contribution in [0.2, 0.25) is 0 Å². The molecule has 3 heterocycles. The Morgan fingerprint density at radius 2 is 2.19 bits per heavy atom. The molecular formula is C9H9N5O2. The molecule has 2 aromatic rings. The molecule has 0 atom stereocenters. The predicted molar refractivity (Wildman–Crippen MR) is 55.2 cm³/mol. The van der Waals surface area contributed by atoms with Gasteiger partial charge in [0.25, 0.3) is 0 Å². The van der Waals surface area contributed by atoms with Crippen molar-refractivity contribution in [3.05, 3.63) is 17.1 Å². The van der Waals surface area contributed by atoms with E-state index in [-0.39, 0.29) is 5.69 Å². The zero-order valence-electron chi connectivity index (χ0n) is 8.46. The zero-order chi connectivity index (χ0) is 11.3. The Bertz CT molecular complexity index is 583. The molecule has 16 heavy (non-hydrogen) atoms. The molecule has 7 heteroatoms. The lowest BCUT2D eigenvalue weighted by Crippen LogP contribution is -2.10. The minimum absolute atomic E-state index is 0.0845. The Morgan fingerprint density at radius 3 is 2.94 bits per heavy atom. The van der Waals surface area contributed by atoms with Gasteiger partial charge in [-0.1, -0.05) is 0 Å². The summed E-state index contributed by atoms with van der Waals surface area (Å²) in [6.07, 6.45) is 0. The molecule has 0 unspecified atom stereocenters. The summed E-state index contributed by atoms with van der Waals surface area (Å²) in [5, 5.41) is 25.5. The highest BCUT2D eigenvalue weighted by atomic mass is 16.4. The molecule has 0 radical (unpaired) electrons. The summed E-state index contributed by atoms with van der Waals surface area (Å²) in [7, 11) is 0. The van der Waals surface area contributed by atoms with Gasteiger partial charge in [0.1, 0.15) is 5.69 Å². The average molecular weight is 219 g/mol. The highest BCUT2D eigenvalue weighted by Gasteiger charge is 2.27. The van der Waals surface area contributed by atoms with Crippen LogP contribution < -0.4 is 5.32 Å². The summed E-state index contributed by atoms with van der Waals surface area (Å²) >= 11 is 0. The van der Waals surface area contributed by atoms with E-state index in [1.807, 2.05) is 6.92 Å². The van der Waals surface area contributed by atoms with E-state index in [0.29, 0.717) is 17.9 Å². The van der Waals surface area contributed by atoms with Crippen molar-refractivity contribution < 1.29 is 9.90 Å². The number of hydrogen-bond donors (Lipinski definition) is 4. The van der Waals surface area contributed by atoms with Gasteiger partial charge in [-0.15, -0.1) is 0 Å². The van der Waals surface area contributed by atoms with Crippen molar-refractivity contribution >= 4 is 11.7 Å². The molecule has 0 aromatic carbocycles. The van der Waals surface area contributed by atoms with Gasteiger partial charge >= 0.3 is 5.97 Å². The number of aromatic nitrogens is 4. The first-order valence-electron chi connectivity index (χ1n) is 4.78. The fourth-order valence-corrected chi connectivity index (χ4v) is 1.94. The molecule has 3 rings (SSSR count). The largest absolute Gasteiger partial charge is 0.476 e. The minimum Gasteiger partial charge on any atom is -0.476 e. The number of fused-ring (bicyclic) bond motifs is 3. The van der Waals surface area contributed by atoms with E-state index in [1.54, 1.807) is 0 Å². The van der Waals surface area contributed by atoms with Gasteiger partial charge in [-0.05, 0) is 6.92 Å². The van der Waals surface area contributed by atoms with Gasteiger partial charge in [0.15, 0.2) is 5.69 Å². The minimum atomic E-state index is -1.02. The van der Waals surface area contributed by atoms with Crippen molar-refractivity contribution in [3.63, 3.8) is 0 Å². The molecule has 0 amide bonds. The molecule has 1 aliphatic heterocycles. The van der Waals surface area contributed by atoms with Crippen molar-refractivity contribution in [1.82, 2.24) is 20.4 Å². The normalized spacial score (nSPS) is 12.8. The van der Waals surface area contributed by atoms with Gasteiger partial charge in [0, 0.05) is 11.3 Å². The Morgan fingerprint density at radius 1 is 1.38 bits per heavy atom. The molecular weight excluding hydrogens is 210 g/mol. The highest BCUT2D eigenvalue weighted by molar-refractivity contribution is 5.97. The van der Waals surface area contributed by atoms with E-state index in [4.69, 9.17) is 5.11 Å². The van der Waals surface area contributed by atoms with Crippen LogP contribution in [0.25, 0.3) is 11.3 Å². The lowest BCUT2D eigenvalue weighted by molar-refractivity contribution is 0.0691. The molecule has 82 valence electrons. The third kappa shape index (κ3) is 0.992. The number of carbonyl (C=O) groups is 1. The summed E-state index contributed by atoms with van der Waals surface area (Å²) in [6.45, 7) is 2.39. The Kier molecular flexibility index (Phi) is 1.59. The maximum Gasteiger partial charge on any atom is 0.356 e. The number of hydrogen-bond acceptors (Lipinski definition) is 4. The third-order valence-corrected chi connectivity index (χ3v) is 2.67. The van der Waals surface area contributed by atoms with Crippen molar-refractivity contribution in [2.45, 2.75) is 13.5 Å². The van der Waals surface area contributed by atoms with Crippen LogP contribution in [-0.2, 0) is 6.54 Å². The molecule has 0 saturated heterocycles. The first-order chi connectivity index (χ1) is 7.68. The number of H-pyrrole nitrogens is 2. The van der Waals surface area contributed by atoms with E-state index in [0.717, 1.165) is 17.0 Å². The van der Waals surface area contributed by atoms with Crippen LogP contribution in [0.1, 0.15) is 21.9 Å². The first-order valence-corrected chi connectivity index (χ1v) is 4.78. The topological polar surface area (TPSA) is 107 Å². The van der Waals surface area contributed by atoms with Crippen LogP contribution in [0, 0.1) is 6.92 Å². The van der Waals surface area contributed by atoms with Gasteiger partial charge in [-0.3, -0.25) is 10.2 Å². The lowest BCUT2D eigenvalue weighted by Gasteiger charge is -2.13. The maximum absolute atomic E-state index is 10.9. The van der Waals surface area contributed by atoms with Crippen molar-refractivity contribution in [3.8, 4) is 11.3 Å². The number of nitrogens with zero attached hydrogens (tertiary/aromatic N) is 2. The maximum atomic E-state index is 10.9. The van der Waals surface area contributed by atoms with Crippen LogP contribution in [0.5, 0.6) is 0 Å². The number of anilines is 1. The van der Waals surface area contributed by atoms with Crippen molar-refractivity contribution in [2.75, 3.05) is 5.32 Å². The summed E-state index contributed by atoms with van der Waals surface area (Å²) < 4.78 is 0. The molecule has 4 N–H and O–H groups in total. The van der Waals surface area contributed by atoms with Crippen LogP contribution in [0.15, 0.2) is 0 Å². The fraction of sp³-hybridized carbons (Fsp3) is 0.222.